The summed E-state index contributed by atoms with van der Waals surface area (Å²) in [5.74, 6) is 2.39. The van der Waals surface area contributed by atoms with E-state index in [0.717, 1.165) is 24.0 Å². The molecule has 4 rings (SSSR count). The number of fused-ring (bicyclic) bond motifs is 1. The van der Waals surface area contributed by atoms with Crippen LogP contribution in [0.2, 0.25) is 0 Å². The predicted octanol–water partition coefficient (Wildman–Crippen LogP) is 4.19. The molecule has 1 aliphatic rings. The number of hydrogen-bond donors (Lipinski definition) is 2. The molecule has 1 atom stereocenters. The molecule has 1 unspecified atom stereocenters. The summed E-state index contributed by atoms with van der Waals surface area (Å²) in [5, 5.41) is 16.7. The molecule has 3 aromatic rings. The van der Waals surface area contributed by atoms with Gasteiger partial charge in [-0.1, -0.05) is 23.4 Å². The van der Waals surface area contributed by atoms with Gasteiger partial charge in [0.1, 0.15) is 0 Å². The average molecular weight is 446 g/mol. The van der Waals surface area contributed by atoms with Gasteiger partial charge in [-0.25, -0.2) is 0 Å². The summed E-state index contributed by atoms with van der Waals surface area (Å²) < 4.78 is 16.9. The third-order valence-corrected chi connectivity index (χ3v) is 5.23. The second kappa shape index (κ2) is 10.6. The Kier molecular flexibility index (Phi) is 7.90. The average Bonchev–Trinajstić information content (AvgIpc) is 3.41. The molecule has 8 heteroatoms. The van der Waals surface area contributed by atoms with Crippen molar-refractivity contribution in [3.63, 3.8) is 0 Å². The number of nitrogens with zero attached hydrogens (tertiary/aromatic N) is 2. The monoisotopic (exact) mass is 445 g/mol. The zero-order chi connectivity index (χ0) is 20.9. The Balaban J connectivity index is 0.00000272. The van der Waals surface area contributed by atoms with Crippen LogP contribution in [0.15, 0.2) is 40.9 Å². The van der Waals surface area contributed by atoms with E-state index >= 15 is 0 Å². The molecule has 2 N–H and O–H groups in total. The minimum Gasteiger partial charge on any atom is -0.490 e. The lowest BCUT2D eigenvalue weighted by Crippen LogP contribution is -2.22. The van der Waals surface area contributed by atoms with Crippen LogP contribution >= 0.6 is 12.4 Å². The van der Waals surface area contributed by atoms with Crippen molar-refractivity contribution in [2.45, 2.75) is 32.7 Å². The molecule has 166 valence electrons. The Morgan fingerprint density at radius 3 is 2.71 bits per heavy atom. The highest BCUT2D eigenvalue weighted by atomic mass is 35.5. The Hall–Kier alpha value is -2.61. The number of nitrogens with one attached hydrogen (secondary N) is 1. The summed E-state index contributed by atoms with van der Waals surface area (Å²) in [6.07, 6.45) is 1.93. The normalized spacial score (nSPS) is 14.7. The molecule has 7 nitrogen and oxygen atoms in total. The van der Waals surface area contributed by atoms with Crippen molar-refractivity contribution in [1.82, 2.24) is 15.5 Å². The van der Waals surface area contributed by atoms with Crippen molar-refractivity contribution in [2.75, 3.05) is 26.4 Å². The number of aromatic nitrogens is 2. The summed E-state index contributed by atoms with van der Waals surface area (Å²) in [5.41, 5.74) is 4.26. The highest BCUT2D eigenvalue weighted by Gasteiger charge is 2.26. The van der Waals surface area contributed by atoms with Crippen LogP contribution in [0.1, 0.15) is 37.4 Å². The highest BCUT2D eigenvalue weighted by molar-refractivity contribution is 5.85. The lowest BCUT2D eigenvalue weighted by Gasteiger charge is -2.13. The molecular formula is C23H28ClN3O4. The number of aliphatic hydroxyl groups is 1. The second-order valence-corrected chi connectivity index (χ2v) is 7.09. The number of halogens is 1. The first-order chi connectivity index (χ1) is 14.7. The van der Waals surface area contributed by atoms with Crippen molar-refractivity contribution in [3.8, 4) is 34.3 Å². The number of hydrogen-bond acceptors (Lipinski definition) is 7. The molecule has 0 bridgehead atoms. The molecule has 0 spiro atoms. The first-order valence-electron chi connectivity index (χ1n) is 10.4. The van der Waals surface area contributed by atoms with E-state index in [1.165, 1.54) is 11.1 Å². The molecular weight excluding hydrogens is 418 g/mol. The standard InChI is InChI=1S/C23H27N3O4.ClH/c1-3-28-20-11-8-15(14-21(20)29-4-2)23-25-22(26-30-23)18-7-5-6-17-16(18)9-10-19(17)24-12-13-27;/h5-8,11,14,19,24,27H,3-4,9-10,12-13H2,1-2H3;1H. The van der Waals surface area contributed by atoms with E-state index in [1.807, 2.05) is 44.2 Å². The van der Waals surface area contributed by atoms with Crippen LogP contribution in [0.5, 0.6) is 11.5 Å². The highest BCUT2D eigenvalue weighted by Crippen LogP contribution is 2.38. The van der Waals surface area contributed by atoms with Gasteiger partial charge in [0, 0.05) is 23.7 Å². The smallest absolute Gasteiger partial charge is 0.258 e. The molecule has 0 fully saturated rings. The van der Waals surface area contributed by atoms with Gasteiger partial charge in [-0.05, 0) is 56.0 Å². The largest absolute Gasteiger partial charge is 0.490 e. The van der Waals surface area contributed by atoms with Gasteiger partial charge in [-0.15, -0.1) is 12.4 Å². The molecule has 0 saturated heterocycles. The summed E-state index contributed by atoms with van der Waals surface area (Å²) in [6, 6.07) is 12.1. The van der Waals surface area contributed by atoms with Crippen molar-refractivity contribution >= 4 is 12.4 Å². The van der Waals surface area contributed by atoms with Gasteiger partial charge in [0.25, 0.3) is 5.89 Å². The van der Waals surface area contributed by atoms with Gasteiger partial charge in [-0.2, -0.15) is 4.98 Å². The molecule has 0 amide bonds. The van der Waals surface area contributed by atoms with Crippen LogP contribution < -0.4 is 14.8 Å². The Labute approximate surface area is 188 Å². The van der Waals surface area contributed by atoms with Gasteiger partial charge in [-0.3, -0.25) is 0 Å². The number of aliphatic hydroxyl groups excluding tert-OH is 1. The van der Waals surface area contributed by atoms with E-state index < -0.39 is 0 Å². The minimum atomic E-state index is 0. The minimum absolute atomic E-state index is 0. The fraction of sp³-hybridized carbons (Fsp3) is 0.391. The van der Waals surface area contributed by atoms with Gasteiger partial charge < -0.3 is 24.4 Å². The fourth-order valence-corrected chi connectivity index (χ4v) is 3.95. The van der Waals surface area contributed by atoms with Crippen molar-refractivity contribution < 1.29 is 19.1 Å². The summed E-state index contributed by atoms with van der Waals surface area (Å²) >= 11 is 0. The maximum atomic E-state index is 9.11. The molecule has 2 aromatic carbocycles. The predicted molar refractivity (Wildman–Crippen MR) is 121 cm³/mol. The van der Waals surface area contributed by atoms with Crippen LogP contribution in [0.4, 0.5) is 0 Å². The number of rotatable bonds is 9. The van der Waals surface area contributed by atoms with Crippen molar-refractivity contribution in [1.29, 1.82) is 0 Å². The SMILES string of the molecule is CCOc1ccc(-c2nc(-c3cccc4c3CCC4NCCO)no2)cc1OCC.Cl. The zero-order valence-electron chi connectivity index (χ0n) is 17.8. The van der Waals surface area contributed by atoms with E-state index in [0.29, 0.717) is 43.0 Å². The van der Waals surface area contributed by atoms with Gasteiger partial charge in [0.15, 0.2) is 11.5 Å². The maximum absolute atomic E-state index is 9.11. The van der Waals surface area contributed by atoms with E-state index in [1.54, 1.807) is 0 Å². The molecule has 0 aliphatic heterocycles. The Bertz CT molecular complexity index is 1010. The van der Waals surface area contributed by atoms with E-state index in [4.69, 9.17) is 19.1 Å². The third kappa shape index (κ3) is 4.84. The summed E-state index contributed by atoms with van der Waals surface area (Å²) in [4.78, 5) is 4.66. The van der Waals surface area contributed by atoms with Gasteiger partial charge >= 0.3 is 0 Å². The number of ether oxygens (including phenoxy) is 2. The number of benzene rings is 2. The third-order valence-electron chi connectivity index (χ3n) is 5.23. The van der Waals surface area contributed by atoms with Crippen LogP contribution in [0.25, 0.3) is 22.8 Å². The molecule has 1 aromatic heterocycles. The van der Waals surface area contributed by atoms with Crippen LogP contribution in [-0.4, -0.2) is 41.6 Å². The van der Waals surface area contributed by atoms with Crippen LogP contribution in [0, 0.1) is 0 Å². The molecule has 0 radical (unpaired) electrons. The second-order valence-electron chi connectivity index (χ2n) is 7.09. The molecule has 1 aliphatic carbocycles. The first-order valence-corrected chi connectivity index (χ1v) is 10.4. The zero-order valence-corrected chi connectivity index (χ0v) is 18.6. The van der Waals surface area contributed by atoms with Crippen molar-refractivity contribution in [3.05, 3.63) is 47.5 Å². The van der Waals surface area contributed by atoms with E-state index in [2.05, 4.69) is 21.5 Å². The van der Waals surface area contributed by atoms with Crippen molar-refractivity contribution in [2.24, 2.45) is 0 Å². The summed E-state index contributed by atoms with van der Waals surface area (Å²) in [7, 11) is 0. The molecule has 0 saturated carbocycles. The molecule has 31 heavy (non-hydrogen) atoms. The van der Waals surface area contributed by atoms with Gasteiger partial charge in [0.2, 0.25) is 5.82 Å². The topological polar surface area (TPSA) is 89.6 Å². The lowest BCUT2D eigenvalue weighted by atomic mass is 10.0. The first kappa shape index (κ1) is 23.1. The quantitative estimate of drug-likeness (QED) is 0.510. The Morgan fingerprint density at radius 2 is 1.94 bits per heavy atom. The van der Waals surface area contributed by atoms with Crippen LogP contribution in [0.3, 0.4) is 0 Å². The van der Waals surface area contributed by atoms with Crippen LogP contribution in [-0.2, 0) is 6.42 Å². The lowest BCUT2D eigenvalue weighted by molar-refractivity contribution is 0.284. The Morgan fingerprint density at radius 1 is 1.13 bits per heavy atom. The van der Waals surface area contributed by atoms with Gasteiger partial charge in [0.05, 0.1) is 19.8 Å². The fourth-order valence-electron chi connectivity index (χ4n) is 3.95. The van der Waals surface area contributed by atoms with E-state index in [-0.39, 0.29) is 25.1 Å². The maximum Gasteiger partial charge on any atom is 0.258 e. The molecule has 1 heterocycles. The van der Waals surface area contributed by atoms with E-state index in [9.17, 15) is 0 Å². The summed E-state index contributed by atoms with van der Waals surface area (Å²) in [6.45, 7) is 5.70.